The van der Waals surface area contributed by atoms with Gasteiger partial charge in [0, 0.05) is 0 Å². The molecule has 0 saturated heterocycles. The number of hydrogen-bond donors (Lipinski definition) is 0. The maximum absolute atomic E-state index is 9.95. The van der Waals surface area contributed by atoms with Gasteiger partial charge in [0.2, 0.25) is 0 Å². The molecular formula is C4H3CuO2. The first-order valence-corrected chi connectivity index (χ1v) is 1.94. The second-order valence-electron chi connectivity index (χ2n) is 0.692. The zero-order valence-corrected chi connectivity index (χ0v) is 4.56. The number of esters is 1. The molecule has 0 saturated carbocycles. The van der Waals surface area contributed by atoms with Crippen molar-refractivity contribution in [2.45, 2.75) is 0 Å². The second kappa shape index (κ2) is 3.73. The monoisotopic (exact) mass is 146 g/mol. The molecule has 0 fully saturated rings. The quantitative estimate of drug-likeness (QED) is 0.266. The minimum absolute atomic E-state index is 0.593. The molecule has 0 radical (unpaired) electrons. The molecule has 0 aromatic heterocycles. The number of rotatable bonds is 0. The van der Waals surface area contributed by atoms with Gasteiger partial charge in [0.25, 0.3) is 0 Å². The fraction of sp³-hybridized carbons (Fsp3) is 0.250. The summed E-state index contributed by atoms with van der Waals surface area (Å²) >= 11 is 4.26. The van der Waals surface area contributed by atoms with Gasteiger partial charge < -0.3 is 0 Å². The predicted molar refractivity (Wildman–Crippen MR) is 19.8 cm³/mol. The first kappa shape index (κ1) is 6.55. The van der Waals surface area contributed by atoms with Crippen LogP contribution in [0.4, 0.5) is 0 Å². The van der Waals surface area contributed by atoms with Gasteiger partial charge in [0.1, 0.15) is 0 Å². The molecule has 0 aliphatic rings. The Kier molecular flexibility index (Phi) is 3.49. The summed E-state index contributed by atoms with van der Waals surface area (Å²) in [7, 11) is 1.25. The van der Waals surface area contributed by atoms with Crippen molar-refractivity contribution in [3.8, 4) is 10.7 Å². The van der Waals surface area contributed by atoms with E-state index < -0.39 is 5.97 Å². The molecule has 2 nitrogen and oxygen atoms in total. The number of carbonyl (C=O) groups excluding carboxylic acids is 1. The normalized spacial score (nSPS) is 6.14. The summed E-state index contributed by atoms with van der Waals surface area (Å²) in [5.74, 6) is 1.40. The van der Waals surface area contributed by atoms with Crippen LogP contribution >= 0.6 is 0 Å². The van der Waals surface area contributed by atoms with Crippen LogP contribution in [-0.4, -0.2) is 13.1 Å². The van der Waals surface area contributed by atoms with Crippen LogP contribution in [-0.2, 0) is 25.5 Å². The van der Waals surface area contributed by atoms with E-state index in [0.29, 0.717) is 0 Å². The van der Waals surface area contributed by atoms with Gasteiger partial charge in [-0.15, -0.1) is 0 Å². The van der Waals surface area contributed by atoms with Crippen molar-refractivity contribution in [3.63, 3.8) is 0 Å². The van der Waals surface area contributed by atoms with Crippen molar-refractivity contribution in [2.75, 3.05) is 7.11 Å². The number of methoxy groups -OCH3 is 1. The SMILES string of the molecule is COC(=O)C#[C][Cu]. The van der Waals surface area contributed by atoms with Crippen molar-refractivity contribution in [2.24, 2.45) is 0 Å². The molecule has 7 heavy (non-hydrogen) atoms. The van der Waals surface area contributed by atoms with E-state index in [-0.39, 0.29) is 0 Å². The number of hydrogen-bond acceptors (Lipinski definition) is 2. The molecule has 0 aromatic carbocycles. The molecule has 42 valence electrons. The Bertz CT molecular complexity index is 119. The Hall–Kier alpha value is -0.451. The topological polar surface area (TPSA) is 26.3 Å². The van der Waals surface area contributed by atoms with Gasteiger partial charge in [-0.25, -0.2) is 0 Å². The van der Waals surface area contributed by atoms with E-state index in [9.17, 15) is 4.79 Å². The third kappa shape index (κ3) is 3.38. The molecule has 0 N–H and O–H groups in total. The van der Waals surface area contributed by atoms with E-state index in [0.717, 1.165) is 0 Å². The van der Waals surface area contributed by atoms with Gasteiger partial charge in [-0.05, 0) is 0 Å². The summed E-state index contributed by atoms with van der Waals surface area (Å²) in [6.07, 6.45) is 0. The Labute approximate surface area is 50.0 Å². The van der Waals surface area contributed by atoms with E-state index in [4.69, 9.17) is 0 Å². The zero-order chi connectivity index (χ0) is 5.70. The molecule has 0 atom stereocenters. The summed E-state index contributed by atoms with van der Waals surface area (Å²) < 4.78 is 4.11. The summed E-state index contributed by atoms with van der Waals surface area (Å²) in [6.45, 7) is 0. The van der Waals surface area contributed by atoms with E-state index in [2.05, 4.69) is 20.7 Å². The van der Waals surface area contributed by atoms with Gasteiger partial charge in [-0.3, -0.25) is 0 Å². The second-order valence-corrected chi connectivity index (χ2v) is 0.927. The summed E-state index contributed by atoms with van der Waals surface area (Å²) in [5, 5.41) is 0. The van der Waals surface area contributed by atoms with Crippen LogP contribution < -0.4 is 0 Å². The Morgan fingerprint density at radius 1 is 1.86 bits per heavy atom. The molecule has 0 spiro atoms. The van der Waals surface area contributed by atoms with Crippen molar-refractivity contribution in [3.05, 3.63) is 0 Å². The Morgan fingerprint density at radius 3 is 2.57 bits per heavy atom. The van der Waals surface area contributed by atoms with Gasteiger partial charge >= 0.3 is 49.4 Å². The average molecular weight is 147 g/mol. The van der Waals surface area contributed by atoms with Crippen LogP contribution in [0.3, 0.4) is 0 Å². The summed E-state index contributed by atoms with van der Waals surface area (Å²) in [6, 6.07) is 0. The maximum atomic E-state index is 9.95. The third-order valence-corrected chi connectivity index (χ3v) is 0.443. The third-order valence-electron chi connectivity index (χ3n) is 0.325. The molecule has 0 amide bonds. The number of ether oxygens (including phenoxy) is 1. The van der Waals surface area contributed by atoms with Gasteiger partial charge in [0.05, 0.1) is 0 Å². The van der Waals surface area contributed by atoms with Crippen LogP contribution in [0.2, 0.25) is 0 Å². The predicted octanol–water partition coefficient (Wildman–Crippen LogP) is -0.333. The van der Waals surface area contributed by atoms with Crippen LogP contribution in [0.1, 0.15) is 0 Å². The standard InChI is InChI=1S/C4H3O2.Cu/c1-3-4(5)6-2;/h2H3;. The van der Waals surface area contributed by atoms with Gasteiger partial charge in [-0.1, -0.05) is 0 Å². The molecule has 0 aliphatic carbocycles. The van der Waals surface area contributed by atoms with E-state index >= 15 is 0 Å². The molecule has 3 heteroatoms. The fourth-order valence-electron chi connectivity index (χ4n) is 0.0818. The van der Waals surface area contributed by atoms with E-state index in [1.807, 2.05) is 10.7 Å². The summed E-state index contributed by atoms with van der Waals surface area (Å²) in [5.41, 5.74) is 0. The van der Waals surface area contributed by atoms with Gasteiger partial charge in [-0.2, -0.15) is 0 Å². The van der Waals surface area contributed by atoms with E-state index in [1.54, 1.807) is 0 Å². The van der Waals surface area contributed by atoms with E-state index in [1.165, 1.54) is 7.11 Å². The average Bonchev–Trinajstić information content (AvgIpc) is 1.68. The zero-order valence-electron chi connectivity index (χ0n) is 3.62. The molecule has 0 unspecified atom stereocenters. The minimum atomic E-state index is -0.593. The van der Waals surface area contributed by atoms with Gasteiger partial charge in [0.15, 0.2) is 0 Å². The van der Waals surface area contributed by atoms with Crippen LogP contribution in [0.15, 0.2) is 0 Å². The number of carbonyl (C=O) groups is 1. The molecule has 0 rings (SSSR count). The molecule has 0 aromatic rings. The van der Waals surface area contributed by atoms with Crippen LogP contribution in [0.25, 0.3) is 0 Å². The van der Waals surface area contributed by atoms with Crippen molar-refractivity contribution in [1.29, 1.82) is 0 Å². The molecule has 0 bridgehead atoms. The Morgan fingerprint density at radius 2 is 2.43 bits per heavy atom. The van der Waals surface area contributed by atoms with Crippen LogP contribution in [0.5, 0.6) is 0 Å². The fourth-order valence-corrected chi connectivity index (χ4v) is 0.178. The summed E-state index contributed by atoms with van der Waals surface area (Å²) in [4.78, 5) is 11.9. The first-order chi connectivity index (χ1) is 3.31. The van der Waals surface area contributed by atoms with Crippen LogP contribution in [0, 0.1) is 10.7 Å². The van der Waals surface area contributed by atoms with Crippen molar-refractivity contribution < 1.29 is 25.5 Å². The van der Waals surface area contributed by atoms with Crippen molar-refractivity contribution in [1.82, 2.24) is 0 Å². The first-order valence-electron chi connectivity index (χ1n) is 1.47. The molecule has 0 heterocycles. The Balaban J connectivity index is 3.52. The molecule has 0 aliphatic heterocycles. The molecular weight excluding hydrogens is 144 g/mol. The van der Waals surface area contributed by atoms with Crippen molar-refractivity contribution >= 4 is 5.97 Å².